The molecule has 3 aromatic rings. The number of hydrogen-bond acceptors (Lipinski definition) is 4. The number of carbonyl (C=O) groups is 1. The Morgan fingerprint density at radius 1 is 1.04 bits per heavy atom. The van der Waals surface area contributed by atoms with Crippen LogP contribution in [0.15, 0.2) is 53.3 Å². The van der Waals surface area contributed by atoms with Crippen LogP contribution in [0.25, 0.3) is 10.9 Å². The van der Waals surface area contributed by atoms with Crippen LogP contribution in [0.1, 0.15) is 29.8 Å². The number of carbonyl (C=O) groups excluding carboxylic acids is 1. The summed E-state index contributed by atoms with van der Waals surface area (Å²) in [5.41, 5.74) is 1.56. The number of fused-ring (bicyclic) bond motifs is 1. The van der Waals surface area contributed by atoms with Gasteiger partial charge in [-0.2, -0.15) is 0 Å². The summed E-state index contributed by atoms with van der Waals surface area (Å²) in [6, 6.07) is 14.4. The summed E-state index contributed by atoms with van der Waals surface area (Å²) < 4.78 is 10.5. The van der Waals surface area contributed by atoms with E-state index < -0.39 is 0 Å². The molecule has 0 aliphatic carbocycles. The van der Waals surface area contributed by atoms with Crippen LogP contribution in [0.4, 0.5) is 0 Å². The van der Waals surface area contributed by atoms with Crippen molar-refractivity contribution >= 4 is 16.8 Å². The summed E-state index contributed by atoms with van der Waals surface area (Å²) in [5.74, 6) is 0.879. The number of nitrogens with one attached hydrogen (secondary N) is 1. The number of rotatable bonds is 6. The van der Waals surface area contributed by atoms with E-state index in [1.165, 1.54) is 14.2 Å². The lowest BCUT2D eigenvalue weighted by molar-refractivity contribution is 0.0689. The molecule has 0 fully saturated rings. The van der Waals surface area contributed by atoms with Crippen LogP contribution in [0.5, 0.6) is 11.5 Å². The van der Waals surface area contributed by atoms with Crippen molar-refractivity contribution in [1.29, 1.82) is 0 Å². The first-order valence-corrected chi connectivity index (χ1v) is 9.08. The Morgan fingerprint density at radius 3 is 2.29 bits per heavy atom. The Hall–Kier alpha value is -3.28. The number of ether oxygens (including phenoxy) is 2. The number of aromatic amines is 1. The highest BCUT2D eigenvalue weighted by Gasteiger charge is 2.22. The van der Waals surface area contributed by atoms with Crippen molar-refractivity contribution in [2.75, 3.05) is 14.2 Å². The van der Waals surface area contributed by atoms with Crippen LogP contribution < -0.4 is 15.0 Å². The van der Waals surface area contributed by atoms with Gasteiger partial charge in [0, 0.05) is 28.8 Å². The zero-order valence-electron chi connectivity index (χ0n) is 16.5. The lowest BCUT2D eigenvalue weighted by Crippen LogP contribution is -2.38. The molecule has 1 N–H and O–H groups in total. The number of hydrogen-bond donors (Lipinski definition) is 1. The van der Waals surface area contributed by atoms with Gasteiger partial charge < -0.3 is 19.4 Å². The number of nitrogens with zero attached hydrogens (tertiary/aromatic N) is 1. The second-order valence-electron chi connectivity index (χ2n) is 6.84. The molecule has 0 bridgehead atoms. The summed E-state index contributed by atoms with van der Waals surface area (Å²) in [5, 5.41) is 0.927. The molecule has 0 aliphatic heterocycles. The van der Waals surface area contributed by atoms with Crippen LogP contribution in [-0.2, 0) is 6.54 Å². The van der Waals surface area contributed by atoms with E-state index in [1.807, 2.05) is 44.2 Å². The van der Waals surface area contributed by atoms with E-state index in [0.29, 0.717) is 22.6 Å². The third kappa shape index (κ3) is 4.01. The molecule has 0 saturated carbocycles. The van der Waals surface area contributed by atoms with Crippen molar-refractivity contribution < 1.29 is 14.3 Å². The third-order valence-electron chi connectivity index (χ3n) is 4.65. The lowest BCUT2D eigenvalue weighted by Gasteiger charge is -2.27. The molecule has 1 aromatic heterocycles. The van der Waals surface area contributed by atoms with E-state index in [2.05, 4.69) is 4.98 Å². The van der Waals surface area contributed by atoms with Gasteiger partial charge in [0.15, 0.2) is 0 Å². The Kier molecular flexibility index (Phi) is 5.68. The fourth-order valence-corrected chi connectivity index (χ4v) is 3.08. The topological polar surface area (TPSA) is 71.6 Å². The molecule has 0 radical (unpaired) electrons. The van der Waals surface area contributed by atoms with Gasteiger partial charge in [0.1, 0.15) is 11.5 Å². The van der Waals surface area contributed by atoms with Crippen molar-refractivity contribution in [3.63, 3.8) is 0 Å². The van der Waals surface area contributed by atoms with Gasteiger partial charge in [-0.3, -0.25) is 9.59 Å². The minimum atomic E-state index is -0.195. The highest BCUT2D eigenvalue weighted by Crippen LogP contribution is 2.24. The van der Waals surface area contributed by atoms with E-state index >= 15 is 0 Å². The molecule has 0 saturated heterocycles. The molecule has 1 amide bonds. The average molecular weight is 380 g/mol. The molecular weight excluding hydrogens is 356 g/mol. The molecule has 0 spiro atoms. The summed E-state index contributed by atoms with van der Waals surface area (Å²) in [7, 11) is 3.08. The van der Waals surface area contributed by atoms with Crippen molar-refractivity contribution in [1.82, 2.24) is 9.88 Å². The number of amides is 1. The largest absolute Gasteiger partial charge is 0.497 e. The second kappa shape index (κ2) is 8.17. The van der Waals surface area contributed by atoms with Crippen LogP contribution in [0.3, 0.4) is 0 Å². The monoisotopic (exact) mass is 380 g/mol. The first-order chi connectivity index (χ1) is 13.4. The van der Waals surface area contributed by atoms with E-state index in [9.17, 15) is 9.59 Å². The number of methoxy groups -OCH3 is 2. The van der Waals surface area contributed by atoms with Crippen LogP contribution >= 0.6 is 0 Å². The Morgan fingerprint density at radius 2 is 1.68 bits per heavy atom. The number of aromatic nitrogens is 1. The molecule has 6 nitrogen and oxygen atoms in total. The predicted molar refractivity (Wildman–Crippen MR) is 109 cm³/mol. The Labute approximate surface area is 163 Å². The molecule has 0 unspecified atom stereocenters. The molecule has 1 heterocycles. The Balaban J connectivity index is 1.97. The summed E-state index contributed by atoms with van der Waals surface area (Å²) in [6.45, 7) is 4.05. The summed E-state index contributed by atoms with van der Waals surface area (Å²) in [4.78, 5) is 30.3. The van der Waals surface area contributed by atoms with Crippen molar-refractivity contribution in [2.45, 2.75) is 26.4 Å². The molecule has 28 heavy (non-hydrogen) atoms. The maximum Gasteiger partial charge on any atom is 0.254 e. The average Bonchev–Trinajstić information content (AvgIpc) is 2.70. The fourth-order valence-electron chi connectivity index (χ4n) is 3.08. The number of para-hydroxylation sites is 1. The fraction of sp³-hybridized carbons (Fsp3) is 0.273. The smallest absolute Gasteiger partial charge is 0.254 e. The quantitative estimate of drug-likeness (QED) is 0.709. The zero-order chi connectivity index (χ0) is 20.3. The zero-order valence-corrected chi connectivity index (χ0v) is 16.5. The van der Waals surface area contributed by atoms with Crippen LogP contribution in [0, 0.1) is 0 Å². The van der Waals surface area contributed by atoms with Crippen molar-refractivity contribution in [3.8, 4) is 11.5 Å². The number of benzene rings is 2. The highest BCUT2D eigenvalue weighted by molar-refractivity contribution is 5.95. The normalized spacial score (nSPS) is 10.9. The molecule has 0 atom stereocenters. The van der Waals surface area contributed by atoms with Crippen LogP contribution in [-0.4, -0.2) is 36.1 Å². The maximum atomic E-state index is 13.2. The van der Waals surface area contributed by atoms with Gasteiger partial charge >= 0.3 is 0 Å². The van der Waals surface area contributed by atoms with Crippen LogP contribution in [0.2, 0.25) is 0 Å². The van der Waals surface area contributed by atoms with E-state index in [0.717, 1.165) is 10.9 Å². The van der Waals surface area contributed by atoms with Crippen molar-refractivity contribution in [2.24, 2.45) is 0 Å². The van der Waals surface area contributed by atoms with E-state index in [1.54, 1.807) is 23.1 Å². The summed E-state index contributed by atoms with van der Waals surface area (Å²) >= 11 is 0. The predicted octanol–water partition coefficient (Wildman–Crippen LogP) is 3.60. The van der Waals surface area contributed by atoms with Gasteiger partial charge in [-0.1, -0.05) is 18.2 Å². The Bertz CT molecular complexity index is 1030. The number of H-pyrrole nitrogens is 1. The molecular formula is C22H24N2O4. The second-order valence-corrected chi connectivity index (χ2v) is 6.84. The maximum absolute atomic E-state index is 13.2. The van der Waals surface area contributed by atoms with Gasteiger partial charge in [-0.05, 0) is 43.5 Å². The highest BCUT2D eigenvalue weighted by atomic mass is 16.5. The van der Waals surface area contributed by atoms with Gasteiger partial charge in [-0.15, -0.1) is 0 Å². The first-order valence-electron chi connectivity index (χ1n) is 9.08. The van der Waals surface area contributed by atoms with Crippen molar-refractivity contribution in [3.05, 3.63) is 70.0 Å². The number of pyridine rings is 1. The standard InChI is InChI=1S/C22H24N2O4/c1-14(2)24(22(26)16-10-18(27-3)12-19(11-16)28-4)13-17-9-15-7-5-6-8-20(15)23-21(17)25/h5-12,14H,13H2,1-4H3,(H,23,25). The minimum absolute atomic E-state index is 0.101. The van der Waals surface area contributed by atoms with Gasteiger partial charge in [0.25, 0.3) is 11.5 Å². The van der Waals surface area contributed by atoms with Gasteiger partial charge in [0.05, 0.1) is 20.8 Å². The molecule has 146 valence electrons. The minimum Gasteiger partial charge on any atom is -0.497 e. The van der Waals surface area contributed by atoms with Gasteiger partial charge in [-0.25, -0.2) is 0 Å². The van der Waals surface area contributed by atoms with E-state index in [-0.39, 0.29) is 24.1 Å². The summed E-state index contributed by atoms with van der Waals surface area (Å²) in [6.07, 6.45) is 0. The molecule has 3 rings (SSSR count). The van der Waals surface area contributed by atoms with Gasteiger partial charge in [0.2, 0.25) is 0 Å². The third-order valence-corrected chi connectivity index (χ3v) is 4.65. The molecule has 2 aromatic carbocycles. The lowest BCUT2D eigenvalue weighted by atomic mass is 10.1. The SMILES string of the molecule is COc1cc(OC)cc(C(=O)N(Cc2cc3ccccc3[nH]c2=O)C(C)C)c1. The van der Waals surface area contributed by atoms with E-state index in [4.69, 9.17) is 9.47 Å². The molecule has 0 aliphatic rings. The first kappa shape index (κ1) is 19.5. The molecule has 6 heteroatoms.